The largest absolute Gasteiger partial charge is 0.610 e. The summed E-state index contributed by atoms with van der Waals surface area (Å²) in [6, 6.07) is 0. The molecule has 0 fully saturated rings. The van der Waals surface area contributed by atoms with Crippen LogP contribution in [-0.4, -0.2) is 33.5 Å². The van der Waals surface area contributed by atoms with E-state index in [1.807, 2.05) is 20.8 Å². The van der Waals surface area contributed by atoms with Gasteiger partial charge in [0.05, 0.1) is 0 Å². The summed E-state index contributed by atoms with van der Waals surface area (Å²) in [5, 5.41) is 14.5. The van der Waals surface area contributed by atoms with Gasteiger partial charge in [0.15, 0.2) is 0 Å². The van der Waals surface area contributed by atoms with E-state index in [-0.39, 0.29) is 16.7 Å². The van der Waals surface area contributed by atoms with Crippen molar-refractivity contribution in [3.63, 3.8) is 0 Å². The van der Waals surface area contributed by atoms with Gasteiger partial charge >= 0.3 is 0 Å². The Morgan fingerprint density at radius 1 is 1.65 bits per heavy atom. The molecular weight excluding hydrogens is 240 g/mol. The van der Waals surface area contributed by atoms with Gasteiger partial charge in [-0.3, -0.25) is 4.79 Å². The van der Waals surface area contributed by atoms with Crippen LogP contribution >= 0.6 is 0 Å². The van der Waals surface area contributed by atoms with Crippen molar-refractivity contribution in [2.45, 2.75) is 20.8 Å². The molecule has 17 heavy (non-hydrogen) atoms. The van der Waals surface area contributed by atoms with Crippen LogP contribution in [0.4, 0.5) is 0 Å². The van der Waals surface area contributed by atoms with Crippen LogP contribution < -0.4 is 5.32 Å². The van der Waals surface area contributed by atoms with E-state index >= 15 is 0 Å². The Kier molecular flexibility index (Phi) is 6.26. The van der Waals surface area contributed by atoms with E-state index in [1.165, 1.54) is 13.1 Å². The number of oxime groups is 1. The lowest BCUT2D eigenvalue weighted by molar-refractivity contribution is -0.124. The van der Waals surface area contributed by atoms with Gasteiger partial charge in [0.25, 0.3) is 5.04 Å². The predicted octanol–water partition coefficient (Wildman–Crippen LogP) is 1.12. The molecule has 0 spiro atoms. The van der Waals surface area contributed by atoms with Gasteiger partial charge in [-0.2, -0.15) is 0 Å². The molecule has 2 unspecified atom stereocenters. The molecule has 0 aromatic heterocycles. The normalized spacial score (nSPS) is 16.2. The highest BCUT2D eigenvalue weighted by Gasteiger charge is 2.41. The van der Waals surface area contributed by atoms with Crippen molar-refractivity contribution in [1.29, 1.82) is 0 Å². The molecule has 0 aromatic carbocycles. The first-order chi connectivity index (χ1) is 7.79. The molecule has 6 heteroatoms. The van der Waals surface area contributed by atoms with Gasteiger partial charge in [-0.1, -0.05) is 27.4 Å². The Labute approximate surface area is 105 Å². The summed E-state index contributed by atoms with van der Waals surface area (Å²) in [6.07, 6.45) is 1.46. The molecule has 2 N–H and O–H groups in total. The highest BCUT2D eigenvalue weighted by atomic mass is 32.2. The van der Waals surface area contributed by atoms with Crippen molar-refractivity contribution in [3.05, 3.63) is 12.7 Å². The molecular formula is C11H20N2O3S. The average Bonchev–Trinajstić information content (AvgIpc) is 2.23. The second-order valence-electron chi connectivity index (χ2n) is 4.65. The highest BCUT2D eigenvalue weighted by molar-refractivity contribution is 8.06. The number of rotatable bonds is 4. The zero-order valence-corrected chi connectivity index (χ0v) is 11.5. The van der Waals surface area contributed by atoms with Crippen LogP contribution in [0.2, 0.25) is 0 Å². The van der Waals surface area contributed by atoms with Crippen LogP contribution in [0.15, 0.2) is 17.8 Å². The Bertz CT molecular complexity index is 310. The van der Waals surface area contributed by atoms with Crippen LogP contribution in [0, 0.1) is 11.3 Å². The molecule has 0 aromatic rings. The number of carbonyl (C=O) groups excluding carboxylic acids is 1. The molecule has 0 heterocycles. The lowest BCUT2D eigenvalue weighted by atomic mass is 9.80. The topological polar surface area (TPSA) is 84.8 Å². The predicted molar refractivity (Wildman–Crippen MR) is 69.4 cm³/mol. The van der Waals surface area contributed by atoms with Gasteiger partial charge in [-0.05, 0) is 16.6 Å². The molecule has 1 amide bonds. The monoisotopic (exact) mass is 260 g/mol. The minimum atomic E-state index is -1.54. The van der Waals surface area contributed by atoms with Gasteiger partial charge < -0.3 is 15.1 Å². The Balaban J connectivity index is 5.28. The summed E-state index contributed by atoms with van der Waals surface area (Å²) < 4.78 is 11.9. The molecule has 0 radical (unpaired) electrons. The number of hydrogen-bond acceptors (Lipinski definition) is 4. The SMILES string of the molecule is C=CC[S+]([O-])C(=NO)C(C(=O)NC)C(C)(C)C. The lowest BCUT2D eigenvalue weighted by Crippen LogP contribution is -2.44. The maximum Gasteiger partial charge on any atom is 0.267 e. The molecule has 0 saturated heterocycles. The smallest absolute Gasteiger partial charge is 0.267 e. The second-order valence-corrected chi connectivity index (χ2v) is 6.10. The van der Waals surface area contributed by atoms with Gasteiger partial charge in [0.1, 0.15) is 11.7 Å². The van der Waals surface area contributed by atoms with Gasteiger partial charge in [-0.15, -0.1) is 0 Å². The number of nitrogens with one attached hydrogen (secondary N) is 1. The number of hydrogen-bond donors (Lipinski definition) is 2. The Hall–Kier alpha value is -1.01. The first-order valence-corrected chi connectivity index (χ1v) is 6.54. The third kappa shape index (κ3) is 4.40. The quantitative estimate of drug-likeness (QED) is 0.198. The lowest BCUT2D eigenvalue weighted by Gasteiger charge is -2.28. The summed E-state index contributed by atoms with van der Waals surface area (Å²) in [5.41, 5.74) is -0.488. The van der Waals surface area contributed by atoms with Crippen LogP contribution in [0.1, 0.15) is 20.8 Å². The van der Waals surface area contributed by atoms with Crippen LogP contribution in [-0.2, 0) is 16.0 Å². The summed E-state index contributed by atoms with van der Waals surface area (Å²) in [4.78, 5) is 11.8. The fourth-order valence-electron chi connectivity index (χ4n) is 1.45. The van der Waals surface area contributed by atoms with E-state index in [9.17, 15) is 9.35 Å². The zero-order valence-electron chi connectivity index (χ0n) is 10.7. The summed E-state index contributed by atoms with van der Waals surface area (Å²) >= 11 is -1.54. The molecule has 98 valence electrons. The first-order valence-electron chi connectivity index (χ1n) is 5.22. The maximum absolute atomic E-state index is 11.9. The fourth-order valence-corrected chi connectivity index (χ4v) is 2.65. The van der Waals surface area contributed by atoms with Crippen molar-refractivity contribution in [3.8, 4) is 0 Å². The van der Waals surface area contributed by atoms with Gasteiger partial charge in [0, 0.05) is 18.2 Å². The minimum absolute atomic E-state index is 0.0169. The average molecular weight is 260 g/mol. The van der Waals surface area contributed by atoms with Crippen molar-refractivity contribution in [2.75, 3.05) is 12.8 Å². The van der Waals surface area contributed by atoms with Crippen LogP contribution in [0.5, 0.6) is 0 Å². The maximum atomic E-state index is 11.9. The van der Waals surface area contributed by atoms with E-state index in [0.29, 0.717) is 0 Å². The van der Waals surface area contributed by atoms with Crippen molar-refractivity contribution in [2.24, 2.45) is 16.5 Å². The number of amides is 1. The summed E-state index contributed by atoms with van der Waals surface area (Å²) in [5.74, 6) is -0.899. The third-order valence-electron chi connectivity index (χ3n) is 2.22. The fraction of sp³-hybridized carbons (Fsp3) is 0.636. The third-order valence-corrected chi connectivity index (χ3v) is 3.54. The van der Waals surface area contributed by atoms with E-state index < -0.39 is 22.5 Å². The summed E-state index contributed by atoms with van der Waals surface area (Å²) in [6.45, 7) is 8.94. The van der Waals surface area contributed by atoms with E-state index in [2.05, 4.69) is 17.1 Å². The molecule has 5 nitrogen and oxygen atoms in total. The number of carbonyl (C=O) groups is 1. The molecule has 0 bridgehead atoms. The Morgan fingerprint density at radius 3 is 2.47 bits per heavy atom. The zero-order chi connectivity index (χ0) is 13.6. The van der Waals surface area contributed by atoms with E-state index in [1.54, 1.807) is 0 Å². The number of nitrogens with zero attached hydrogens (tertiary/aromatic N) is 1. The molecule has 0 aliphatic carbocycles. The second kappa shape index (κ2) is 6.66. The molecule has 0 rings (SSSR count). The van der Waals surface area contributed by atoms with Crippen molar-refractivity contribution >= 4 is 22.1 Å². The van der Waals surface area contributed by atoms with Gasteiger partial charge in [-0.25, -0.2) is 0 Å². The van der Waals surface area contributed by atoms with Crippen molar-refractivity contribution < 1.29 is 14.6 Å². The van der Waals surface area contributed by atoms with E-state index in [4.69, 9.17) is 5.21 Å². The van der Waals surface area contributed by atoms with Gasteiger partial charge in [0.2, 0.25) is 5.91 Å². The van der Waals surface area contributed by atoms with Crippen LogP contribution in [0.3, 0.4) is 0 Å². The summed E-state index contributed by atoms with van der Waals surface area (Å²) in [7, 11) is 1.49. The molecule has 0 aliphatic rings. The highest BCUT2D eigenvalue weighted by Crippen LogP contribution is 2.29. The first kappa shape index (κ1) is 16.0. The van der Waals surface area contributed by atoms with Crippen LogP contribution in [0.25, 0.3) is 0 Å². The minimum Gasteiger partial charge on any atom is -0.610 e. The molecule has 0 aliphatic heterocycles. The van der Waals surface area contributed by atoms with Crippen molar-refractivity contribution in [1.82, 2.24) is 5.32 Å². The molecule has 2 atom stereocenters. The van der Waals surface area contributed by atoms with E-state index in [0.717, 1.165) is 0 Å². The molecule has 0 saturated carbocycles. The standard InChI is InChI=1S/C11H20N2O3S/c1-6-7-17(16)10(13-15)8(9(14)12-5)11(2,3)4/h6,8,15H,1,7H2,2-5H3,(H,12,14). The Morgan fingerprint density at radius 2 is 2.18 bits per heavy atom.